The van der Waals surface area contributed by atoms with Gasteiger partial charge in [-0.1, -0.05) is 30.3 Å². The number of aryl methyl sites for hydroxylation is 1. The highest BCUT2D eigenvalue weighted by Gasteiger charge is 2.22. The van der Waals surface area contributed by atoms with Crippen LogP contribution in [0.2, 0.25) is 0 Å². The molecule has 0 bridgehead atoms. The van der Waals surface area contributed by atoms with Crippen molar-refractivity contribution in [2.75, 3.05) is 13.2 Å². The van der Waals surface area contributed by atoms with Gasteiger partial charge in [-0.15, -0.1) is 0 Å². The van der Waals surface area contributed by atoms with E-state index < -0.39 is 0 Å². The average Bonchev–Trinajstić information content (AvgIpc) is 2.91. The standard InChI is InChI=1S/C16H25NO/c1-13(8-9-15-6-4-3-5-7-15)17-14(2)16-10-11-18-12-16/h3-7,13-14,16-17H,8-12H2,1-2H3. The molecule has 0 amide bonds. The van der Waals surface area contributed by atoms with Gasteiger partial charge in [0.25, 0.3) is 0 Å². The second kappa shape index (κ2) is 6.91. The summed E-state index contributed by atoms with van der Waals surface area (Å²) in [4.78, 5) is 0. The lowest BCUT2D eigenvalue weighted by atomic mass is 9.98. The Kier molecular flexibility index (Phi) is 5.21. The molecule has 1 fully saturated rings. The molecule has 1 saturated heterocycles. The number of benzene rings is 1. The summed E-state index contributed by atoms with van der Waals surface area (Å²) >= 11 is 0. The highest BCUT2D eigenvalue weighted by Crippen LogP contribution is 2.17. The molecular weight excluding hydrogens is 222 g/mol. The summed E-state index contributed by atoms with van der Waals surface area (Å²) in [6.45, 7) is 6.45. The minimum absolute atomic E-state index is 0.568. The third-order valence-electron chi connectivity index (χ3n) is 3.93. The van der Waals surface area contributed by atoms with Crippen LogP contribution in [0.5, 0.6) is 0 Å². The van der Waals surface area contributed by atoms with Crippen molar-refractivity contribution in [2.24, 2.45) is 5.92 Å². The van der Waals surface area contributed by atoms with E-state index >= 15 is 0 Å². The van der Waals surface area contributed by atoms with Crippen molar-refractivity contribution in [3.05, 3.63) is 35.9 Å². The molecule has 2 heteroatoms. The van der Waals surface area contributed by atoms with Crippen LogP contribution >= 0.6 is 0 Å². The molecule has 3 unspecified atom stereocenters. The Balaban J connectivity index is 1.70. The number of hydrogen-bond donors (Lipinski definition) is 1. The summed E-state index contributed by atoms with van der Waals surface area (Å²) in [6, 6.07) is 11.9. The van der Waals surface area contributed by atoms with E-state index in [9.17, 15) is 0 Å². The number of rotatable bonds is 6. The van der Waals surface area contributed by atoms with Gasteiger partial charge >= 0.3 is 0 Å². The molecule has 0 saturated carbocycles. The lowest BCUT2D eigenvalue weighted by Gasteiger charge is -2.24. The van der Waals surface area contributed by atoms with Crippen LogP contribution in [-0.4, -0.2) is 25.3 Å². The Morgan fingerprint density at radius 3 is 2.72 bits per heavy atom. The summed E-state index contributed by atoms with van der Waals surface area (Å²) in [5.74, 6) is 0.698. The van der Waals surface area contributed by atoms with Crippen molar-refractivity contribution < 1.29 is 4.74 Å². The molecular formula is C16H25NO. The lowest BCUT2D eigenvalue weighted by Crippen LogP contribution is -2.40. The van der Waals surface area contributed by atoms with Gasteiger partial charge in [-0.25, -0.2) is 0 Å². The molecule has 1 aliphatic rings. The normalized spacial score (nSPS) is 22.9. The Morgan fingerprint density at radius 1 is 1.28 bits per heavy atom. The quantitative estimate of drug-likeness (QED) is 0.834. The molecule has 1 heterocycles. The molecule has 2 nitrogen and oxygen atoms in total. The second-order valence-corrected chi connectivity index (χ2v) is 5.50. The first-order valence-corrected chi connectivity index (χ1v) is 7.13. The van der Waals surface area contributed by atoms with Gasteiger partial charge in [-0.05, 0) is 44.6 Å². The van der Waals surface area contributed by atoms with Crippen molar-refractivity contribution >= 4 is 0 Å². The van der Waals surface area contributed by atoms with Crippen molar-refractivity contribution in [2.45, 2.75) is 45.2 Å². The van der Waals surface area contributed by atoms with Gasteiger partial charge < -0.3 is 10.1 Å². The summed E-state index contributed by atoms with van der Waals surface area (Å²) in [7, 11) is 0. The van der Waals surface area contributed by atoms with Gasteiger partial charge in [0.05, 0.1) is 6.61 Å². The van der Waals surface area contributed by atoms with Gasteiger partial charge in [0.2, 0.25) is 0 Å². The fourth-order valence-corrected chi connectivity index (χ4v) is 2.64. The Morgan fingerprint density at radius 2 is 2.06 bits per heavy atom. The molecule has 2 rings (SSSR count). The maximum atomic E-state index is 5.45. The highest BCUT2D eigenvalue weighted by molar-refractivity contribution is 5.14. The zero-order valence-corrected chi connectivity index (χ0v) is 11.6. The molecule has 0 aromatic heterocycles. The van der Waals surface area contributed by atoms with E-state index in [1.165, 1.54) is 18.4 Å². The first-order chi connectivity index (χ1) is 8.75. The topological polar surface area (TPSA) is 21.3 Å². The molecule has 1 N–H and O–H groups in total. The smallest absolute Gasteiger partial charge is 0.0509 e. The maximum Gasteiger partial charge on any atom is 0.0509 e. The largest absolute Gasteiger partial charge is 0.381 e. The lowest BCUT2D eigenvalue weighted by molar-refractivity contribution is 0.176. The van der Waals surface area contributed by atoms with Crippen LogP contribution in [-0.2, 0) is 11.2 Å². The van der Waals surface area contributed by atoms with Crippen LogP contribution in [0.3, 0.4) is 0 Å². The van der Waals surface area contributed by atoms with E-state index in [0.717, 1.165) is 19.6 Å². The van der Waals surface area contributed by atoms with Crippen molar-refractivity contribution in [3.8, 4) is 0 Å². The zero-order chi connectivity index (χ0) is 12.8. The van der Waals surface area contributed by atoms with Crippen molar-refractivity contribution in [1.29, 1.82) is 0 Å². The predicted molar refractivity (Wildman–Crippen MR) is 75.7 cm³/mol. The van der Waals surface area contributed by atoms with E-state index in [1.807, 2.05) is 0 Å². The van der Waals surface area contributed by atoms with Gasteiger partial charge in [0, 0.05) is 18.7 Å². The van der Waals surface area contributed by atoms with Gasteiger partial charge in [0.15, 0.2) is 0 Å². The Bertz CT molecular complexity index is 332. The molecule has 1 aromatic rings. The third-order valence-corrected chi connectivity index (χ3v) is 3.93. The fraction of sp³-hybridized carbons (Fsp3) is 0.625. The van der Waals surface area contributed by atoms with Gasteiger partial charge in [0.1, 0.15) is 0 Å². The minimum Gasteiger partial charge on any atom is -0.381 e. The van der Waals surface area contributed by atoms with E-state index in [4.69, 9.17) is 4.74 Å². The van der Waals surface area contributed by atoms with E-state index in [2.05, 4.69) is 49.5 Å². The predicted octanol–water partition coefficient (Wildman–Crippen LogP) is 3.02. The molecule has 3 atom stereocenters. The Hall–Kier alpha value is -0.860. The van der Waals surface area contributed by atoms with Crippen LogP contribution in [0.1, 0.15) is 32.3 Å². The van der Waals surface area contributed by atoms with Crippen LogP contribution < -0.4 is 5.32 Å². The molecule has 1 aliphatic heterocycles. The summed E-state index contributed by atoms with van der Waals surface area (Å²) in [5, 5.41) is 3.71. The van der Waals surface area contributed by atoms with Crippen LogP contribution in [0.4, 0.5) is 0 Å². The molecule has 0 aliphatic carbocycles. The van der Waals surface area contributed by atoms with Crippen LogP contribution in [0.25, 0.3) is 0 Å². The number of hydrogen-bond acceptors (Lipinski definition) is 2. The number of ether oxygens (including phenoxy) is 1. The second-order valence-electron chi connectivity index (χ2n) is 5.50. The first-order valence-electron chi connectivity index (χ1n) is 7.13. The first kappa shape index (κ1) is 13.6. The zero-order valence-electron chi connectivity index (χ0n) is 11.6. The van der Waals surface area contributed by atoms with Crippen molar-refractivity contribution in [3.63, 3.8) is 0 Å². The van der Waals surface area contributed by atoms with E-state index in [1.54, 1.807) is 0 Å². The van der Waals surface area contributed by atoms with Crippen LogP contribution in [0, 0.1) is 5.92 Å². The molecule has 100 valence electrons. The minimum atomic E-state index is 0.568. The molecule has 0 radical (unpaired) electrons. The van der Waals surface area contributed by atoms with E-state index in [0.29, 0.717) is 18.0 Å². The maximum absolute atomic E-state index is 5.45. The average molecular weight is 247 g/mol. The fourth-order valence-electron chi connectivity index (χ4n) is 2.64. The van der Waals surface area contributed by atoms with Gasteiger partial charge in [-0.3, -0.25) is 0 Å². The third kappa shape index (κ3) is 4.11. The van der Waals surface area contributed by atoms with Crippen LogP contribution in [0.15, 0.2) is 30.3 Å². The highest BCUT2D eigenvalue weighted by atomic mass is 16.5. The molecule has 18 heavy (non-hydrogen) atoms. The molecule has 1 aromatic carbocycles. The summed E-state index contributed by atoms with van der Waals surface area (Å²) in [6.07, 6.45) is 3.56. The monoisotopic (exact) mass is 247 g/mol. The number of nitrogens with one attached hydrogen (secondary N) is 1. The van der Waals surface area contributed by atoms with E-state index in [-0.39, 0.29) is 0 Å². The molecule has 0 spiro atoms. The summed E-state index contributed by atoms with van der Waals surface area (Å²) in [5.41, 5.74) is 1.43. The summed E-state index contributed by atoms with van der Waals surface area (Å²) < 4.78 is 5.45. The van der Waals surface area contributed by atoms with Gasteiger partial charge in [-0.2, -0.15) is 0 Å². The van der Waals surface area contributed by atoms with Crippen molar-refractivity contribution in [1.82, 2.24) is 5.32 Å². The SMILES string of the molecule is CC(CCc1ccccc1)NC(C)C1CCOC1. The Labute approximate surface area is 111 Å².